The van der Waals surface area contributed by atoms with Crippen LogP contribution in [-0.4, -0.2) is 20.1 Å². The highest BCUT2D eigenvalue weighted by molar-refractivity contribution is 7.91. The van der Waals surface area contributed by atoms with Gasteiger partial charge in [-0.1, -0.05) is 6.07 Å². The van der Waals surface area contributed by atoms with Crippen molar-refractivity contribution in [3.05, 3.63) is 48.0 Å². The van der Waals surface area contributed by atoms with Gasteiger partial charge in [0.2, 0.25) is 5.91 Å². The van der Waals surface area contributed by atoms with Gasteiger partial charge >= 0.3 is 0 Å². The molecule has 136 valence electrons. The molecule has 1 amide bonds. The molecule has 4 rings (SSSR count). The molecule has 1 aliphatic carbocycles. The maximum absolute atomic E-state index is 12.5. The fourth-order valence-corrected chi connectivity index (χ4v) is 5.29. The highest BCUT2D eigenvalue weighted by Crippen LogP contribution is 2.49. The van der Waals surface area contributed by atoms with Crippen LogP contribution in [0.2, 0.25) is 0 Å². The number of carbonyl (C=O) groups is 1. The molecule has 26 heavy (non-hydrogen) atoms. The first-order valence-corrected chi connectivity index (χ1v) is 10.5. The summed E-state index contributed by atoms with van der Waals surface area (Å²) in [7, 11) is -3.24. The highest BCUT2D eigenvalue weighted by Gasteiger charge is 2.39. The number of carbonyl (C=O) groups excluding carboxylic acids is 1. The van der Waals surface area contributed by atoms with Crippen LogP contribution in [0.3, 0.4) is 0 Å². The maximum Gasteiger partial charge on any atom is 0.221 e. The number of ether oxygens (including phenoxy) is 1. The van der Waals surface area contributed by atoms with Gasteiger partial charge in [-0.3, -0.25) is 4.79 Å². The van der Waals surface area contributed by atoms with E-state index in [1.54, 1.807) is 30.3 Å². The Morgan fingerprint density at radius 3 is 2.38 bits per heavy atom. The largest absolute Gasteiger partial charge is 0.457 e. The minimum atomic E-state index is -3.24. The van der Waals surface area contributed by atoms with Crippen LogP contribution in [0.25, 0.3) is 0 Å². The van der Waals surface area contributed by atoms with Crippen molar-refractivity contribution in [2.75, 3.05) is 11.1 Å². The summed E-state index contributed by atoms with van der Waals surface area (Å²) in [6.07, 6.45) is 3.12. The summed E-state index contributed by atoms with van der Waals surface area (Å²) in [5, 5.41) is 2.70. The van der Waals surface area contributed by atoms with Crippen molar-refractivity contribution in [3.8, 4) is 11.5 Å². The molecule has 1 N–H and O–H groups in total. The Morgan fingerprint density at radius 2 is 1.73 bits per heavy atom. The second-order valence-electron chi connectivity index (χ2n) is 7.06. The molecule has 1 atom stereocenters. The lowest BCUT2D eigenvalue weighted by molar-refractivity contribution is -0.114. The van der Waals surface area contributed by atoms with Crippen LogP contribution in [-0.2, 0) is 14.6 Å². The molecular weight excluding hydrogens is 350 g/mol. The lowest BCUT2D eigenvalue weighted by atomic mass is 9.91. The van der Waals surface area contributed by atoms with E-state index in [-0.39, 0.29) is 11.7 Å². The van der Waals surface area contributed by atoms with Gasteiger partial charge in [0.1, 0.15) is 11.5 Å². The molecule has 0 spiro atoms. The summed E-state index contributed by atoms with van der Waals surface area (Å²) in [5.41, 5.74) is 1.64. The normalized spacial score (nSPS) is 20.9. The Hall–Kier alpha value is -2.34. The molecule has 2 aromatic rings. The summed E-state index contributed by atoms with van der Waals surface area (Å²) in [6, 6.07) is 12.4. The number of rotatable bonds is 4. The predicted molar refractivity (Wildman–Crippen MR) is 99.4 cm³/mol. The van der Waals surface area contributed by atoms with Crippen molar-refractivity contribution in [1.82, 2.24) is 0 Å². The Morgan fingerprint density at radius 1 is 1.04 bits per heavy atom. The zero-order valence-electron chi connectivity index (χ0n) is 14.6. The first-order valence-electron chi connectivity index (χ1n) is 8.84. The third-order valence-electron chi connectivity index (χ3n) is 5.02. The number of nitrogens with one attached hydrogen (secondary N) is 1. The van der Waals surface area contributed by atoms with Crippen LogP contribution in [0.1, 0.15) is 37.7 Å². The molecule has 0 radical (unpaired) electrons. The molecule has 0 aromatic heterocycles. The van der Waals surface area contributed by atoms with E-state index in [1.165, 1.54) is 19.8 Å². The summed E-state index contributed by atoms with van der Waals surface area (Å²) in [5.74, 6) is 2.18. The molecule has 1 saturated carbocycles. The molecule has 1 unspecified atom stereocenters. The SMILES string of the molecule is CC(=O)Nc1ccc(Oc2ccc3c(c2)S(=O)(=O)CCC3C2CC2)cc1. The third-order valence-corrected chi connectivity index (χ3v) is 6.82. The third kappa shape index (κ3) is 3.46. The predicted octanol–water partition coefficient (Wildman–Crippen LogP) is 4.11. The quantitative estimate of drug-likeness (QED) is 0.878. The summed E-state index contributed by atoms with van der Waals surface area (Å²) in [6.45, 7) is 1.45. The van der Waals surface area contributed by atoms with Gasteiger partial charge in [0.05, 0.1) is 10.6 Å². The monoisotopic (exact) mass is 371 g/mol. The number of anilines is 1. The van der Waals surface area contributed by atoms with Crippen LogP contribution >= 0.6 is 0 Å². The molecule has 0 saturated heterocycles. The Kier molecular flexibility index (Phi) is 4.23. The lowest BCUT2D eigenvalue weighted by Gasteiger charge is -2.25. The first-order chi connectivity index (χ1) is 12.4. The van der Waals surface area contributed by atoms with E-state index in [2.05, 4.69) is 5.32 Å². The van der Waals surface area contributed by atoms with Gasteiger partial charge in [-0.15, -0.1) is 0 Å². The van der Waals surface area contributed by atoms with Gasteiger partial charge in [-0.05, 0) is 73.1 Å². The molecule has 0 bridgehead atoms. The molecule has 1 heterocycles. The van der Waals surface area contributed by atoms with Gasteiger partial charge < -0.3 is 10.1 Å². The van der Waals surface area contributed by atoms with Crippen LogP contribution in [0.5, 0.6) is 11.5 Å². The minimum Gasteiger partial charge on any atom is -0.457 e. The van der Waals surface area contributed by atoms with Gasteiger partial charge in [-0.25, -0.2) is 8.42 Å². The van der Waals surface area contributed by atoms with Gasteiger partial charge in [0, 0.05) is 12.6 Å². The van der Waals surface area contributed by atoms with E-state index >= 15 is 0 Å². The average Bonchev–Trinajstić information content (AvgIpc) is 3.42. The van der Waals surface area contributed by atoms with E-state index < -0.39 is 9.84 Å². The first kappa shape index (κ1) is 17.1. The van der Waals surface area contributed by atoms with E-state index in [0.29, 0.717) is 33.9 Å². The number of hydrogen-bond donors (Lipinski definition) is 1. The van der Waals surface area contributed by atoms with E-state index in [1.807, 2.05) is 12.1 Å². The number of fused-ring (bicyclic) bond motifs is 1. The molecule has 6 heteroatoms. The lowest BCUT2D eigenvalue weighted by Crippen LogP contribution is -2.21. The standard InChI is InChI=1S/C20H21NO4S/c1-13(22)21-15-4-6-16(7-5-15)25-17-8-9-19-18(14-2-3-14)10-11-26(23,24)20(19)12-17/h4-9,12,14,18H,2-3,10-11H2,1H3,(H,21,22). The topological polar surface area (TPSA) is 72.5 Å². The summed E-state index contributed by atoms with van der Waals surface area (Å²) >= 11 is 0. The van der Waals surface area contributed by atoms with Crippen LogP contribution in [0.4, 0.5) is 5.69 Å². The number of amides is 1. The molecule has 1 fully saturated rings. The Balaban J connectivity index is 1.59. The minimum absolute atomic E-state index is 0.135. The van der Waals surface area contributed by atoms with Crippen LogP contribution < -0.4 is 10.1 Å². The van der Waals surface area contributed by atoms with Crippen LogP contribution in [0.15, 0.2) is 47.4 Å². The van der Waals surface area contributed by atoms with Crippen molar-refractivity contribution in [2.24, 2.45) is 5.92 Å². The van der Waals surface area contributed by atoms with Gasteiger partial charge in [0.15, 0.2) is 9.84 Å². The van der Waals surface area contributed by atoms with Crippen molar-refractivity contribution < 1.29 is 17.9 Å². The van der Waals surface area contributed by atoms with E-state index in [0.717, 1.165) is 12.0 Å². The fraction of sp³-hybridized carbons (Fsp3) is 0.350. The molecule has 2 aromatic carbocycles. The van der Waals surface area contributed by atoms with Gasteiger partial charge in [-0.2, -0.15) is 0 Å². The molecule has 1 aliphatic heterocycles. The molecular formula is C20H21NO4S. The van der Waals surface area contributed by atoms with E-state index in [9.17, 15) is 13.2 Å². The highest BCUT2D eigenvalue weighted by atomic mass is 32.2. The zero-order valence-corrected chi connectivity index (χ0v) is 15.4. The van der Waals surface area contributed by atoms with Crippen molar-refractivity contribution in [3.63, 3.8) is 0 Å². The summed E-state index contributed by atoms with van der Waals surface area (Å²) < 4.78 is 30.9. The number of sulfone groups is 1. The van der Waals surface area contributed by atoms with Crippen molar-refractivity contribution in [2.45, 2.75) is 37.0 Å². The van der Waals surface area contributed by atoms with Crippen molar-refractivity contribution >= 4 is 21.4 Å². The number of benzene rings is 2. The summed E-state index contributed by atoms with van der Waals surface area (Å²) in [4.78, 5) is 11.5. The fourth-order valence-electron chi connectivity index (χ4n) is 3.64. The average molecular weight is 371 g/mol. The second kappa shape index (κ2) is 6.43. The Labute approximate surface area is 153 Å². The number of hydrogen-bond acceptors (Lipinski definition) is 4. The Bertz CT molecular complexity index is 946. The van der Waals surface area contributed by atoms with Gasteiger partial charge in [0.25, 0.3) is 0 Å². The maximum atomic E-state index is 12.5. The smallest absolute Gasteiger partial charge is 0.221 e. The molecule has 2 aliphatic rings. The van der Waals surface area contributed by atoms with Crippen LogP contribution in [0, 0.1) is 5.92 Å². The second-order valence-corrected chi connectivity index (χ2v) is 9.14. The molecule has 5 nitrogen and oxygen atoms in total. The zero-order chi connectivity index (χ0) is 18.3. The van der Waals surface area contributed by atoms with Crippen molar-refractivity contribution in [1.29, 1.82) is 0 Å². The van der Waals surface area contributed by atoms with E-state index in [4.69, 9.17) is 4.74 Å².